The van der Waals surface area contributed by atoms with Crippen LogP contribution in [0.5, 0.6) is 0 Å². The predicted molar refractivity (Wildman–Crippen MR) is 97.4 cm³/mol. The summed E-state index contributed by atoms with van der Waals surface area (Å²) in [5.41, 5.74) is 2.94. The molecule has 5 heteroatoms. The van der Waals surface area contributed by atoms with Crippen LogP contribution in [0.1, 0.15) is 29.2 Å². The van der Waals surface area contributed by atoms with Crippen LogP contribution in [0.15, 0.2) is 42.5 Å². The molecule has 1 fully saturated rings. The summed E-state index contributed by atoms with van der Waals surface area (Å²) >= 11 is 0. The Balaban J connectivity index is 1.60. The Morgan fingerprint density at radius 2 is 1.69 bits per heavy atom. The summed E-state index contributed by atoms with van der Waals surface area (Å²) in [4.78, 5) is 4.64. The lowest BCUT2D eigenvalue weighted by atomic mass is 10.1. The van der Waals surface area contributed by atoms with Gasteiger partial charge in [-0.15, -0.1) is 0 Å². The van der Waals surface area contributed by atoms with Crippen LogP contribution in [0, 0.1) is 28.5 Å². The van der Waals surface area contributed by atoms with Gasteiger partial charge in [-0.1, -0.05) is 12.1 Å². The summed E-state index contributed by atoms with van der Waals surface area (Å²) in [5.74, 6) is -0.254. The molecule has 132 valence electrons. The van der Waals surface area contributed by atoms with Gasteiger partial charge in [0, 0.05) is 44.3 Å². The molecule has 1 heterocycles. The molecule has 4 nitrogen and oxygen atoms in total. The Morgan fingerprint density at radius 1 is 1.00 bits per heavy atom. The zero-order chi connectivity index (χ0) is 18.5. The van der Waals surface area contributed by atoms with Crippen molar-refractivity contribution in [3.8, 4) is 12.1 Å². The van der Waals surface area contributed by atoms with E-state index in [1.54, 1.807) is 6.07 Å². The first-order valence-electron chi connectivity index (χ1n) is 8.73. The molecule has 0 bridgehead atoms. The van der Waals surface area contributed by atoms with E-state index >= 15 is 0 Å². The molecule has 0 aromatic heterocycles. The fourth-order valence-corrected chi connectivity index (χ4v) is 3.38. The minimum Gasteiger partial charge on any atom is -0.296 e. The number of piperazine rings is 1. The molecule has 0 N–H and O–H groups in total. The van der Waals surface area contributed by atoms with E-state index in [1.807, 2.05) is 24.3 Å². The van der Waals surface area contributed by atoms with Crippen LogP contribution in [-0.2, 0) is 13.1 Å². The van der Waals surface area contributed by atoms with Crippen molar-refractivity contribution >= 4 is 0 Å². The molecule has 2 aromatic rings. The lowest BCUT2D eigenvalue weighted by Crippen LogP contribution is -2.51. The Labute approximate surface area is 153 Å². The Kier molecular flexibility index (Phi) is 5.63. The van der Waals surface area contributed by atoms with E-state index in [0.29, 0.717) is 29.3 Å². The minimum atomic E-state index is -0.254. The highest BCUT2D eigenvalue weighted by Gasteiger charge is 2.24. The molecule has 26 heavy (non-hydrogen) atoms. The molecule has 0 aliphatic carbocycles. The third-order valence-corrected chi connectivity index (χ3v) is 4.89. The zero-order valence-electron chi connectivity index (χ0n) is 14.8. The fourth-order valence-electron chi connectivity index (χ4n) is 3.38. The van der Waals surface area contributed by atoms with Crippen molar-refractivity contribution in [3.63, 3.8) is 0 Å². The van der Waals surface area contributed by atoms with Crippen LogP contribution in [0.25, 0.3) is 0 Å². The van der Waals surface area contributed by atoms with E-state index in [0.717, 1.165) is 26.2 Å². The van der Waals surface area contributed by atoms with Gasteiger partial charge < -0.3 is 0 Å². The maximum Gasteiger partial charge on any atom is 0.127 e. The molecule has 1 unspecified atom stereocenters. The van der Waals surface area contributed by atoms with Crippen LogP contribution in [-0.4, -0.2) is 35.5 Å². The number of halogens is 1. The molecule has 0 saturated carbocycles. The standard InChI is InChI=1S/C21H21FN4/c1-16-13-25(14-18-4-2-17(11-23)3-5-18)8-9-26(16)15-20-10-19(12-24)6-7-21(20)22/h2-7,10,16H,8-9,13-15H2,1H3. The van der Waals surface area contributed by atoms with E-state index in [4.69, 9.17) is 10.5 Å². The smallest absolute Gasteiger partial charge is 0.127 e. The van der Waals surface area contributed by atoms with Crippen LogP contribution in [0.2, 0.25) is 0 Å². The quantitative estimate of drug-likeness (QED) is 0.851. The summed E-state index contributed by atoms with van der Waals surface area (Å²) in [6.07, 6.45) is 0. The number of hydrogen-bond donors (Lipinski definition) is 0. The fraction of sp³-hybridized carbons (Fsp3) is 0.333. The molecule has 1 aliphatic heterocycles. The molecule has 0 radical (unpaired) electrons. The third-order valence-electron chi connectivity index (χ3n) is 4.89. The van der Waals surface area contributed by atoms with Gasteiger partial charge in [0.25, 0.3) is 0 Å². The van der Waals surface area contributed by atoms with Gasteiger partial charge in [-0.25, -0.2) is 4.39 Å². The van der Waals surface area contributed by atoms with E-state index in [2.05, 4.69) is 28.9 Å². The van der Waals surface area contributed by atoms with Crippen molar-refractivity contribution in [2.24, 2.45) is 0 Å². The third kappa shape index (κ3) is 4.26. The molecular formula is C21H21FN4. The summed E-state index contributed by atoms with van der Waals surface area (Å²) in [7, 11) is 0. The first kappa shape index (κ1) is 18.1. The molecule has 2 aromatic carbocycles. The van der Waals surface area contributed by atoms with Gasteiger partial charge in [0.05, 0.1) is 23.3 Å². The maximum atomic E-state index is 14.0. The highest BCUT2D eigenvalue weighted by molar-refractivity contribution is 5.34. The van der Waals surface area contributed by atoms with Crippen molar-refractivity contribution < 1.29 is 4.39 Å². The summed E-state index contributed by atoms with van der Waals surface area (Å²) in [6, 6.07) is 16.7. The SMILES string of the molecule is CC1CN(Cc2ccc(C#N)cc2)CCN1Cc1cc(C#N)ccc1F. The largest absolute Gasteiger partial charge is 0.296 e. The van der Waals surface area contributed by atoms with E-state index in [-0.39, 0.29) is 5.82 Å². The summed E-state index contributed by atoms with van der Waals surface area (Å²) in [6.45, 7) is 6.18. The maximum absolute atomic E-state index is 14.0. The van der Waals surface area contributed by atoms with Crippen LogP contribution >= 0.6 is 0 Å². The number of hydrogen-bond acceptors (Lipinski definition) is 4. The average Bonchev–Trinajstić information content (AvgIpc) is 2.66. The lowest BCUT2D eigenvalue weighted by molar-refractivity contribution is 0.0725. The molecule has 1 aliphatic rings. The van der Waals surface area contributed by atoms with Gasteiger partial charge >= 0.3 is 0 Å². The first-order valence-corrected chi connectivity index (χ1v) is 8.73. The van der Waals surface area contributed by atoms with Gasteiger partial charge in [0.15, 0.2) is 0 Å². The Bertz CT molecular complexity index is 848. The van der Waals surface area contributed by atoms with E-state index < -0.39 is 0 Å². The molecule has 1 atom stereocenters. The lowest BCUT2D eigenvalue weighted by Gasteiger charge is -2.40. The van der Waals surface area contributed by atoms with Crippen molar-refractivity contribution in [2.45, 2.75) is 26.1 Å². The van der Waals surface area contributed by atoms with Crippen molar-refractivity contribution in [3.05, 3.63) is 70.5 Å². The summed E-state index contributed by atoms with van der Waals surface area (Å²) < 4.78 is 14.0. The average molecular weight is 348 g/mol. The second-order valence-corrected chi connectivity index (χ2v) is 6.78. The van der Waals surface area contributed by atoms with Crippen LogP contribution in [0.3, 0.4) is 0 Å². The Morgan fingerprint density at radius 3 is 2.35 bits per heavy atom. The number of benzene rings is 2. The van der Waals surface area contributed by atoms with E-state index in [1.165, 1.54) is 17.7 Å². The number of nitriles is 2. The molecule has 3 rings (SSSR count). The van der Waals surface area contributed by atoms with Crippen LogP contribution in [0.4, 0.5) is 4.39 Å². The van der Waals surface area contributed by atoms with E-state index in [9.17, 15) is 4.39 Å². The van der Waals surface area contributed by atoms with Gasteiger partial charge in [-0.3, -0.25) is 9.80 Å². The molecule has 1 saturated heterocycles. The minimum absolute atomic E-state index is 0.254. The molecular weight excluding hydrogens is 327 g/mol. The van der Waals surface area contributed by atoms with Gasteiger partial charge in [0.2, 0.25) is 0 Å². The monoisotopic (exact) mass is 348 g/mol. The highest BCUT2D eigenvalue weighted by atomic mass is 19.1. The molecule has 0 spiro atoms. The number of nitrogens with zero attached hydrogens (tertiary/aromatic N) is 4. The summed E-state index contributed by atoms with van der Waals surface area (Å²) in [5, 5.41) is 17.9. The van der Waals surface area contributed by atoms with Gasteiger partial charge in [0.1, 0.15) is 5.82 Å². The van der Waals surface area contributed by atoms with Gasteiger partial charge in [-0.2, -0.15) is 10.5 Å². The van der Waals surface area contributed by atoms with Crippen molar-refractivity contribution in [1.82, 2.24) is 9.80 Å². The Hall–Kier alpha value is -2.73. The second kappa shape index (κ2) is 8.10. The van der Waals surface area contributed by atoms with Crippen LogP contribution < -0.4 is 0 Å². The van der Waals surface area contributed by atoms with Crippen molar-refractivity contribution in [2.75, 3.05) is 19.6 Å². The second-order valence-electron chi connectivity index (χ2n) is 6.78. The topological polar surface area (TPSA) is 54.1 Å². The predicted octanol–water partition coefficient (Wildman–Crippen LogP) is 3.28. The first-order chi connectivity index (χ1) is 12.6. The normalized spacial score (nSPS) is 18.2. The highest BCUT2D eigenvalue weighted by Crippen LogP contribution is 2.19. The zero-order valence-corrected chi connectivity index (χ0v) is 14.8. The van der Waals surface area contributed by atoms with Crippen molar-refractivity contribution in [1.29, 1.82) is 10.5 Å². The molecule has 0 amide bonds. The number of rotatable bonds is 4. The van der Waals surface area contributed by atoms with Gasteiger partial charge in [-0.05, 0) is 42.8 Å².